The van der Waals surface area contributed by atoms with Crippen LogP contribution in [-0.2, 0) is 0 Å². The van der Waals surface area contributed by atoms with Crippen LogP contribution in [0, 0.1) is 5.92 Å². The second-order valence-corrected chi connectivity index (χ2v) is 5.72. The number of piperidine rings is 1. The van der Waals surface area contributed by atoms with Gasteiger partial charge in [0.05, 0.1) is 17.7 Å². The van der Waals surface area contributed by atoms with Gasteiger partial charge in [-0.15, -0.1) is 0 Å². The Balaban J connectivity index is 2.13. The van der Waals surface area contributed by atoms with Crippen LogP contribution < -0.4 is 10.5 Å². The first-order chi connectivity index (χ1) is 9.52. The molecular weight excluding hydrogens is 296 g/mol. The largest absolute Gasteiger partial charge is 0.496 e. The Morgan fingerprint density at radius 2 is 2.10 bits per heavy atom. The van der Waals surface area contributed by atoms with Crippen molar-refractivity contribution < 1.29 is 9.53 Å². The minimum absolute atomic E-state index is 0.0641. The van der Waals surface area contributed by atoms with Crippen molar-refractivity contribution in [2.24, 2.45) is 11.7 Å². The average Bonchev–Trinajstić information content (AvgIpc) is 2.46. The van der Waals surface area contributed by atoms with E-state index in [1.54, 1.807) is 30.2 Å². The summed E-state index contributed by atoms with van der Waals surface area (Å²) in [4.78, 5) is 14.9. The van der Waals surface area contributed by atoms with Gasteiger partial charge in [-0.3, -0.25) is 4.79 Å². The molecule has 0 atom stereocenters. The highest BCUT2D eigenvalue weighted by Gasteiger charge is 2.26. The quantitative estimate of drug-likeness (QED) is 0.871. The number of likely N-dealkylation sites (tertiary alicyclic amines) is 1. The van der Waals surface area contributed by atoms with Gasteiger partial charge in [-0.1, -0.05) is 23.8 Å². The lowest BCUT2D eigenvalue weighted by Gasteiger charge is -2.31. The van der Waals surface area contributed by atoms with E-state index in [1.165, 1.54) is 0 Å². The first kappa shape index (κ1) is 15.1. The Bertz CT molecular complexity index is 528. The molecule has 0 saturated carbocycles. The van der Waals surface area contributed by atoms with Crippen molar-refractivity contribution >= 4 is 34.7 Å². The molecule has 4 nitrogen and oxygen atoms in total. The van der Waals surface area contributed by atoms with Gasteiger partial charge in [0.2, 0.25) is 0 Å². The molecule has 2 rings (SSSR count). The van der Waals surface area contributed by atoms with Crippen LogP contribution in [0.1, 0.15) is 23.2 Å². The number of thiocarbonyl (C=S) groups is 1. The second kappa shape index (κ2) is 6.41. The molecule has 1 aliphatic rings. The third-order valence-electron chi connectivity index (χ3n) is 3.58. The van der Waals surface area contributed by atoms with Gasteiger partial charge in [-0.25, -0.2) is 0 Å². The van der Waals surface area contributed by atoms with Crippen molar-refractivity contribution in [2.75, 3.05) is 20.2 Å². The number of carbonyl (C=O) groups excluding carboxylic acids is 1. The fourth-order valence-corrected chi connectivity index (χ4v) is 2.79. The molecule has 1 aromatic rings. The summed E-state index contributed by atoms with van der Waals surface area (Å²) in [7, 11) is 1.54. The number of nitrogens with two attached hydrogens (primary N) is 1. The van der Waals surface area contributed by atoms with Crippen LogP contribution in [0.5, 0.6) is 5.75 Å². The Kier molecular flexibility index (Phi) is 4.83. The zero-order valence-corrected chi connectivity index (χ0v) is 12.8. The number of hydrogen-bond donors (Lipinski definition) is 1. The lowest BCUT2D eigenvalue weighted by molar-refractivity contribution is 0.0707. The maximum atomic E-state index is 12.5. The van der Waals surface area contributed by atoms with Crippen molar-refractivity contribution in [3.8, 4) is 5.75 Å². The van der Waals surface area contributed by atoms with Crippen LogP contribution in [0.2, 0.25) is 5.02 Å². The van der Waals surface area contributed by atoms with E-state index in [0.717, 1.165) is 12.8 Å². The molecule has 2 N–H and O–H groups in total. The lowest BCUT2D eigenvalue weighted by Crippen LogP contribution is -2.41. The van der Waals surface area contributed by atoms with Crippen molar-refractivity contribution in [3.05, 3.63) is 28.8 Å². The number of halogens is 1. The van der Waals surface area contributed by atoms with E-state index in [-0.39, 0.29) is 11.8 Å². The summed E-state index contributed by atoms with van der Waals surface area (Å²) in [5.41, 5.74) is 6.15. The molecular formula is C14H17ClN2O2S. The highest BCUT2D eigenvalue weighted by molar-refractivity contribution is 7.80. The van der Waals surface area contributed by atoms with Crippen LogP contribution in [0.4, 0.5) is 0 Å². The predicted octanol–water partition coefficient (Wildman–Crippen LogP) is 2.49. The Morgan fingerprint density at radius 3 is 2.65 bits per heavy atom. The van der Waals surface area contributed by atoms with Crippen LogP contribution in [0.25, 0.3) is 0 Å². The van der Waals surface area contributed by atoms with Crippen molar-refractivity contribution in [3.63, 3.8) is 0 Å². The normalized spacial score (nSPS) is 16.0. The maximum absolute atomic E-state index is 12.5. The maximum Gasteiger partial charge on any atom is 0.257 e. The summed E-state index contributed by atoms with van der Waals surface area (Å²) in [6, 6.07) is 5.05. The molecule has 0 spiro atoms. The molecule has 0 aliphatic carbocycles. The van der Waals surface area contributed by atoms with E-state index >= 15 is 0 Å². The lowest BCUT2D eigenvalue weighted by atomic mass is 9.96. The fraction of sp³-hybridized carbons (Fsp3) is 0.429. The van der Waals surface area contributed by atoms with E-state index in [9.17, 15) is 4.79 Å². The van der Waals surface area contributed by atoms with E-state index in [4.69, 9.17) is 34.3 Å². The number of carbonyl (C=O) groups is 1. The minimum atomic E-state index is -0.0641. The minimum Gasteiger partial charge on any atom is -0.496 e. The third-order valence-corrected chi connectivity index (χ3v) is 4.14. The van der Waals surface area contributed by atoms with Gasteiger partial charge in [0.15, 0.2) is 0 Å². The zero-order chi connectivity index (χ0) is 14.7. The number of hydrogen-bond acceptors (Lipinski definition) is 3. The van der Waals surface area contributed by atoms with E-state index in [2.05, 4.69) is 0 Å². The summed E-state index contributed by atoms with van der Waals surface area (Å²) >= 11 is 11.0. The van der Waals surface area contributed by atoms with Gasteiger partial charge in [0.25, 0.3) is 5.91 Å². The topological polar surface area (TPSA) is 55.6 Å². The van der Waals surface area contributed by atoms with Crippen LogP contribution >= 0.6 is 23.8 Å². The smallest absolute Gasteiger partial charge is 0.257 e. The molecule has 0 aromatic heterocycles. The SMILES string of the molecule is COc1ccc(Cl)cc1C(=O)N1CCC(C(N)=S)CC1. The van der Waals surface area contributed by atoms with Crippen molar-refractivity contribution in [1.82, 2.24) is 4.90 Å². The van der Waals surface area contributed by atoms with Gasteiger partial charge >= 0.3 is 0 Å². The second-order valence-electron chi connectivity index (χ2n) is 4.81. The van der Waals surface area contributed by atoms with E-state index in [1.807, 2.05) is 0 Å². The molecule has 1 aliphatic heterocycles. The molecule has 0 bridgehead atoms. The summed E-state index contributed by atoms with van der Waals surface area (Å²) < 4.78 is 5.22. The fourth-order valence-electron chi connectivity index (χ4n) is 2.38. The Labute approximate surface area is 128 Å². The standard InChI is InChI=1S/C14H17ClN2O2S/c1-19-12-3-2-10(15)8-11(12)14(18)17-6-4-9(5-7-17)13(16)20/h2-3,8-9H,4-7H2,1H3,(H2,16,20). The Morgan fingerprint density at radius 1 is 1.45 bits per heavy atom. The van der Waals surface area contributed by atoms with Gasteiger partial charge in [-0.05, 0) is 31.0 Å². The Hall–Kier alpha value is -1.33. The average molecular weight is 313 g/mol. The third kappa shape index (κ3) is 3.22. The molecule has 1 fully saturated rings. The van der Waals surface area contributed by atoms with Gasteiger partial charge < -0.3 is 15.4 Å². The summed E-state index contributed by atoms with van der Waals surface area (Å²) in [6.07, 6.45) is 1.62. The summed E-state index contributed by atoms with van der Waals surface area (Å²) in [6.45, 7) is 1.30. The van der Waals surface area contributed by atoms with Gasteiger partial charge in [0, 0.05) is 24.0 Å². The highest BCUT2D eigenvalue weighted by Crippen LogP contribution is 2.26. The van der Waals surface area contributed by atoms with Crippen LogP contribution in [0.3, 0.4) is 0 Å². The van der Waals surface area contributed by atoms with Crippen LogP contribution in [-0.4, -0.2) is 36.0 Å². The highest BCUT2D eigenvalue weighted by atomic mass is 35.5. The summed E-state index contributed by atoms with van der Waals surface area (Å²) in [5.74, 6) is 0.705. The summed E-state index contributed by atoms with van der Waals surface area (Å²) in [5, 5.41) is 0.521. The molecule has 1 aromatic carbocycles. The first-order valence-electron chi connectivity index (χ1n) is 6.45. The number of amides is 1. The number of methoxy groups -OCH3 is 1. The van der Waals surface area contributed by atoms with Crippen LogP contribution in [0.15, 0.2) is 18.2 Å². The molecule has 20 heavy (non-hydrogen) atoms. The predicted molar refractivity (Wildman–Crippen MR) is 83.4 cm³/mol. The van der Waals surface area contributed by atoms with Crippen molar-refractivity contribution in [1.29, 1.82) is 0 Å². The van der Waals surface area contributed by atoms with E-state index < -0.39 is 0 Å². The number of ether oxygens (including phenoxy) is 1. The number of rotatable bonds is 3. The van der Waals surface area contributed by atoms with Crippen molar-refractivity contribution in [2.45, 2.75) is 12.8 Å². The molecule has 108 valence electrons. The molecule has 0 unspecified atom stereocenters. The number of nitrogens with zero attached hydrogens (tertiary/aromatic N) is 1. The molecule has 1 amide bonds. The molecule has 1 heterocycles. The zero-order valence-electron chi connectivity index (χ0n) is 11.3. The monoisotopic (exact) mass is 312 g/mol. The van der Waals surface area contributed by atoms with Gasteiger partial charge in [-0.2, -0.15) is 0 Å². The molecule has 6 heteroatoms. The first-order valence-corrected chi connectivity index (χ1v) is 7.23. The molecule has 0 radical (unpaired) electrons. The molecule has 1 saturated heterocycles. The van der Waals surface area contributed by atoms with E-state index in [0.29, 0.717) is 34.4 Å². The van der Waals surface area contributed by atoms with Gasteiger partial charge in [0.1, 0.15) is 5.75 Å². The number of benzene rings is 1.